The third-order valence-corrected chi connectivity index (χ3v) is 1.79. The van der Waals surface area contributed by atoms with Gasteiger partial charge in [0.1, 0.15) is 0 Å². The quantitative estimate of drug-likeness (QED) is 0.607. The average molecular weight is 156 g/mol. The summed E-state index contributed by atoms with van der Waals surface area (Å²) in [5, 5.41) is 8.57. The molecule has 0 saturated heterocycles. The lowest BCUT2D eigenvalue weighted by Gasteiger charge is -2.03. The van der Waals surface area contributed by atoms with Crippen molar-refractivity contribution in [2.75, 3.05) is 6.61 Å². The van der Waals surface area contributed by atoms with Crippen LogP contribution in [0.2, 0.25) is 0 Å². The number of hydrogen-bond donors (Lipinski definition) is 1. The van der Waals surface area contributed by atoms with Gasteiger partial charge in [-0.25, -0.2) is 0 Å². The van der Waals surface area contributed by atoms with Crippen LogP contribution >= 0.6 is 0 Å². The van der Waals surface area contributed by atoms with Crippen molar-refractivity contribution in [1.29, 1.82) is 0 Å². The molecule has 0 saturated carbocycles. The maximum atomic E-state index is 8.57. The molecule has 1 heteroatoms. The molecule has 0 bridgehead atoms. The number of rotatable bonds is 5. The van der Waals surface area contributed by atoms with Crippen molar-refractivity contribution in [2.45, 2.75) is 40.0 Å². The second-order valence-electron chi connectivity index (χ2n) is 3.52. The fourth-order valence-corrected chi connectivity index (χ4v) is 1.05. The summed E-state index contributed by atoms with van der Waals surface area (Å²) < 4.78 is 0. The van der Waals surface area contributed by atoms with Gasteiger partial charge in [0.25, 0.3) is 0 Å². The average Bonchev–Trinajstić information content (AvgIpc) is 1.87. The summed E-state index contributed by atoms with van der Waals surface area (Å²) in [7, 11) is 0. The number of allylic oxidation sites excluding steroid dienone is 1. The van der Waals surface area contributed by atoms with Crippen LogP contribution in [0, 0.1) is 5.92 Å². The lowest BCUT2D eigenvalue weighted by molar-refractivity contribution is 0.341. The maximum Gasteiger partial charge on any atom is 0.0614 e. The van der Waals surface area contributed by atoms with Gasteiger partial charge < -0.3 is 5.11 Å². The second kappa shape index (κ2) is 6.41. The van der Waals surface area contributed by atoms with E-state index >= 15 is 0 Å². The molecule has 66 valence electrons. The lowest BCUT2D eigenvalue weighted by Crippen LogP contribution is -1.88. The van der Waals surface area contributed by atoms with Gasteiger partial charge in [0.2, 0.25) is 0 Å². The summed E-state index contributed by atoms with van der Waals surface area (Å²) in [5.41, 5.74) is 1.31. The number of hydrogen-bond acceptors (Lipinski definition) is 1. The van der Waals surface area contributed by atoms with Crippen molar-refractivity contribution in [3.05, 3.63) is 11.6 Å². The Hall–Kier alpha value is -0.300. The Bertz CT molecular complexity index is 114. The third-order valence-electron chi connectivity index (χ3n) is 1.79. The zero-order valence-electron chi connectivity index (χ0n) is 7.93. The molecule has 11 heavy (non-hydrogen) atoms. The van der Waals surface area contributed by atoms with Crippen LogP contribution < -0.4 is 0 Å². The van der Waals surface area contributed by atoms with Crippen molar-refractivity contribution < 1.29 is 5.11 Å². The minimum Gasteiger partial charge on any atom is -0.392 e. The van der Waals surface area contributed by atoms with Crippen molar-refractivity contribution in [2.24, 2.45) is 5.92 Å². The normalized spacial score (nSPS) is 12.6. The first-order valence-corrected chi connectivity index (χ1v) is 4.43. The standard InChI is InChI=1S/C10H20O/c1-9(2)5-4-6-10(3)7-8-11/h7,9,11H,4-6,8H2,1-3H3. The van der Waals surface area contributed by atoms with Gasteiger partial charge in [0.05, 0.1) is 6.61 Å². The fraction of sp³-hybridized carbons (Fsp3) is 0.800. The van der Waals surface area contributed by atoms with Crippen LogP contribution in [0.15, 0.2) is 11.6 Å². The Labute approximate surface area is 70.1 Å². The summed E-state index contributed by atoms with van der Waals surface area (Å²) in [6, 6.07) is 0. The van der Waals surface area contributed by atoms with E-state index in [0.717, 1.165) is 12.3 Å². The minimum absolute atomic E-state index is 0.188. The van der Waals surface area contributed by atoms with E-state index in [9.17, 15) is 0 Å². The molecule has 0 aliphatic carbocycles. The van der Waals surface area contributed by atoms with Gasteiger partial charge in [0, 0.05) is 0 Å². The molecule has 0 spiro atoms. The molecule has 0 amide bonds. The molecule has 0 aromatic heterocycles. The molecule has 0 radical (unpaired) electrons. The summed E-state index contributed by atoms with van der Waals surface area (Å²) in [6.45, 7) is 6.75. The van der Waals surface area contributed by atoms with E-state index in [1.165, 1.54) is 18.4 Å². The molecule has 0 aliphatic heterocycles. The summed E-state index contributed by atoms with van der Waals surface area (Å²) in [5.74, 6) is 0.803. The Morgan fingerprint density at radius 2 is 2.09 bits per heavy atom. The Morgan fingerprint density at radius 1 is 1.45 bits per heavy atom. The molecule has 0 aromatic carbocycles. The van der Waals surface area contributed by atoms with Crippen LogP contribution in [-0.2, 0) is 0 Å². The van der Waals surface area contributed by atoms with Gasteiger partial charge in [-0.3, -0.25) is 0 Å². The summed E-state index contributed by atoms with van der Waals surface area (Å²) >= 11 is 0. The third kappa shape index (κ3) is 7.60. The molecule has 1 N–H and O–H groups in total. The predicted octanol–water partition coefficient (Wildman–Crippen LogP) is 2.75. The van der Waals surface area contributed by atoms with Gasteiger partial charge in [-0.2, -0.15) is 0 Å². The molecule has 0 aliphatic rings. The molecule has 0 heterocycles. The monoisotopic (exact) mass is 156 g/mol. The second-order valence-corrected chi connectivity index (χ2v) is 3.52. The van der Waals surface area contributed by atoms with Gasteiger partial charge in [-0.05, 0) is 25.7 Å². The minimum atomic E-state index is 0.188. The van der Waals surface area contributed by atoms with Crippen molar-refractivity contribution >= 4 is 0 Å². The zero-order valence-corrected chi connectivity index (χ0v) is 7.93. The summed E-state index contributed by atoms with van der Waals surface area (Å²) in [4.78, 5) is 0. The Morgan fingerprint density at radius 3 is 2.55 bits per heavy atom. The highest BCUT2D eigenvalue weighted by atomic mass is 16.2. The van der Waals surface area contributed by atoms with Crippen LogP contribution in [0.25, 0.3) is 0 Å². The predicted molar refractivity (Wildman–Crippen MR) is 49.5 cm³/mol. The van der Waals surface area contributed by atoms with E-state index in [4.69, 9.17) is 5.11 Å². The van der Waals surface area contributed by atoms with Crippen LogP contribution in [0.1, 0.15) is 40.0 Å². The summed E-state index contributed by atoms with van der Waals surface area (Å²) in [6.07, 6.45) is 5.57. The van der Waals surface area contributed by atoms with Gasteiger partial charge in [-0.15, -0.1) is 0 Å². The van der Waals surface area contributed by atoms with Gasteiger partial charge in [-0.1, -0.05) is 31.9 Å². The SMILES string of the molecule is CC(=CCO)CCCC(C)C. The van der Waals surface area contributed by atoms with E-state index in [0.29, 0.717) is 0 Å². The highest BCUT2D eigenvalue weighted by molar-refractivity contribution is 4.97. The molecule has 0 rings (SSSR count). The van der Waals surface area contributed by atoms with E-state index < -0.39 is 0 Å². The smallest absolute Gasteiger partial charge is 0.0614 e. The maximum absolute atomic E-state index is 8.57. The molecular formula is C10H20O. The molecule has 0 unspecified atom stereocenters. The van der Waals surface area contributed by atoms with Crippen molar-refractivity contribution in [1.82, 2.24) is 0 Å². The van der Waals surface area contributed by atoms with Gasteiger partial charge in [0.15, 0.2) is 0 Å². The van der Waals surface area contributed by atoms with Crippen LogP contribution in [0.5, 0.6) is 0 Å². The van der Waals surface area contributed by atoms with E-state index in [1.807, 2.05) is 6.08 Å². The van der Waals surface area contributed by atoms with E-state index in [1.54, 1.807) is 0 Å². The van der Waals surface area contributed by atoms with Gasteiger partial charge >= 0.3 is 0 Å². The topological polar surface area (TPSA) is 20.2 Å². The molecular weight excluding hydrogens is 136 g/mol. The Balaban J connectivity index is 3.31. The van der Waals surface area contributed by atoms with Crippen LogP contribution in [-0.4, -0.2) is 11.7 Å². The van der Waals surface area contributed by atoms with Crippen molar-refractivity contribution in [3.8, 4) is 0 Å². The van der Waals surface area contributed by atoms with E-state index in [2.05, 4.69) is 20.8 Å². The fourth-order valence-electron chi connectivity index (χ4n) is 1.05. The first-order valence-electron chi connectivity index (χ1n) is 4.43. The van der Waals surface area contributed by atoms with Crippen LogP contribution in [0.4, 0.5) is 0 Å². The first kappa shape index (κ1) is 10.7. The Kier molecular flexibility index (Phi) is 6.24. The molecule has 0 atom stereocenters. The highest BCUT2D eigenvalue weighted by Crippen LogP contribution is 2.10. The van der Waals surface area contributed by atoms with Crippen LogP contribution in [0.3, 0.4) is 0 Å². The number of aliphatic hydroxyl groups excluding tert-OH is 1. The molecule has 0 fully saturated rings. The first-order chi connectivity index (χ1) is 5.16. The molecule has 0 aromatic rings. The number of aliphatic hydroxyl groups is 1. The zero-order chi connectivity index (χ0) is 8.69. The largest absolute Gasteiger partial charge is 0.392 e. The molecule has 1 nitrogen and oxygen atoms in total. The lowest BCUT2D eigenvalue weighted by atomic mass is 10.0. The van der Waals surface area contributed by atoms with Crippen molar-refractivity contribution in [3.63, 3.8) is 0 Å². The highest BCUT2D eigenvalue weighted by Gasteiger charge is 1.94. The van der Waals surface area contributed by atoms with E-state index in [-0.39, 0.29) is 6.61 Å².